The Labute approximate surface area is 150 Å². The van der Waals surface area contributed by atoms with E-state index in [0.29, 0.717) is 25.6 Å². The van der Waals surface area contributed by atoms with Crippen molar-refractivity contribution in [3.05, 3.63) is 29.8 Å². The number of hydrogen-bond donors (Lipinski definition) is 0. The molecule has 2 fully saturated rings. The van der Waals surface area contributed by atoms with Crippen LogP contribution in [0.4, 0.5) is 0 Å². The molecule has 0 spiro atoms. The zero-order chi connectivity index (χ0) is 17.8. The molecule has 0 aliphatic carbocycles. The molecule has 5 nitrogen and oxygen atoms in total. The number of ether oxygens (including phenoxy) is 2. The number of likely N-dealkylation sites (tertiary alicyclic amines) is 1. The van der Waals surface area contributed by atoms with Crippen molar-refractivity contribution in [2.45, 2.75) is 51.9 Å². The molecular weight excluding hydrogens is 316 g/mol. The molecule has 0 radical (unpaired) electrons. The van der Waals surface area contributed by atoms with Gasteiger partial charge in [0.25, 0.3) is 0 Å². The summed E-state index contributed by atoms with van der Waals surface area (Å²) >= 11 is 0. The maximum atomic E-state index is 12.4. The van der Waals surface area contributed by atoms with Crippen LogP contribution in [0, 0.1) is 0 Å². The molecule has 2 heterocycles. The predicted octanol–water partition coefficient (Wildman–Crippen LogP) is 2.34. The first-order valence-corrected chi connectivity index (χ1v) is 9.44. The number of carbonyl (C=O) groups excluding carboxylic acids is 1. The van der Waals surface area contributed by atoms with Gasteiger partial charge in [-0.2, -0.15) is 0 Å². The van der Waals surface area contributed by atoms with Gasteiger partial charge in [-0.05, 0) is 38.0 Å². The first kappa shape index (κ1) is 18.2. The number of aryl methyl sites for hydroxylation is 1. The second-order valence-corrected chi connectivity index (χ2v) is 7.33. The average molecular weight is 346 g/mol. The van der Waals surface area contributed by atoms with E-state index in [-0.39, 0.29) is 18.1 Å². The third kappa shape index (κ3) is 4.73. The van der Waals surface area contributed by atoms with Gasteiger partial charge < -0.3 is 14.4 Å². The molecule has 0 bridgehead atoms. The Kier molecular flexibility index (Phi) is 5.97. The number of morpholine rings is 1. The quantitative estimate of drug-likeness (QED) is 0.793. The lowest BCUT2D eigenvalue weighted by Gasteiger charge is -2.41. The number of benzene rings is 1. The molecule has 0 saturated carbocycles. The molecule has 2 saturated heterocycles. The summed E-state index contributed by atoms with van der Waals surface area (Å²) in [5, 5.41) is 0. The highest BCUT2D eigenvalue weighted by Gasteiger charge is 2.34. The topological polar surface area (TPSA) is 42.0 Å². The van der Waals surface area contributed by atoms with E-state index in [1.54, 1.807) is 0 Å². The number of amides is 1. The summed E-state index contributed by atoms with van der Waals surface area (Å²) in [5.41, 5.74) is 1.27. The normalized spacial score (nSPS) is 22.1. The van der Waals surface area contributed by atoms with Gasteiger partial charge in [-0.1, -0.05) is 19.1 Å². The third-order valence-corrected chi connectivity index (χ3v) is 5.11. The van der Waals surface area contributed by atoms with Crippen molar-refractivity contribution >= 4 is 5.91 Å². The zero-order valence-corrected chi connectivity index (χ0v) is 15.6. The molecule has 0 N–H and O–H groups in total. The molecule has 2 aliphatic rings. The Hall–Kier alpha value is -1.59. The Morgan fingerprint density at radius 1 is 1.32 bits per heavy atom. The fraction of sp³-hybridized carbons (Fsp3) is 0.650. The summed E-state index contributed by atoms with van der Waals surface area (Å²) in [7, 11) is 0. The third-order valence-electron chi connectivity index (χ3n) is 5.11. The van der Waals surface area contributed by atoms with Gasteiger partial charge >= 0.3 is 0 Å². The van der Waals surface area contributed by atoms with Crippen LogP contribution in [0.25, 0.3) is 0 Å². The summed E-state index contributed by atoms with van der Waals surface area (Å²) in [4.78, 5) is 16.7. The van der Waals surface area contributed by atoms with Gasteiger partial charge in [0, 0.05) is 19.1 Å². The maximum absolute atomic E-state index is 12.4. The van der Waals surface area contributed by atoms with Gasteiger partial charge in [0.2, 0.25) is 5.91 Å². The fourth-order valence-corrected chi connectivity index (χ4v) is 3.41. The van der Waals surface area contributed by atoms with E-state index < -0.39 is 0 Å². The lowest BCUT2D eigenvalue weighted by molar-refractivity contribution is -0.145. The molecule has 1 aromatic carbocycles. The molecule has 5 heteroatoms. The van der Waals surface area contributed by atoms with Crippen LogP contribution in [0.2, 0.25) is 0 Å². The first-order chi connectivity index (χ1) is 12.0. The molecule has 25 heavy (non-hydrogen) atoms. The van der Waals surface area contributed by atoms with Gasteiger partial charge in [-0.15, -0.1) is 0 Å². The summed E-state index contributed by atoms with van der Waals surface area (Å²) in [6, 6.07) is 8.70. The van der Waals surface area contributed by atoms with Crippen molar-refractivity contribution in [3.8, 4) is 5.75 Å². The SMILES string of the molecule is CCc1cccc(OC2CN(C(=O)C[C@@H]3CN(C(C)C)CCO3)C2)c1. The molecule has 0 aromatic heterocycles. The largest absolute Gasteiger partial charge is 0.487 e. The second-order valence-electron chi connectivity index (χ2n) is 7.33. The first-order valence-electron chi connectivity index (χ1n) is 9.44. The van der Waals surface area contributed by atoms with E-state index in [1.807, 2.05) is 17.0 Å². The Bertz CT molecular complexity index is 584. The van der Waals surface area contributed by atoms with Crippen molar-refractivity contribution in [1.82, 2.24) is 9.80 Å². The molecule has 138 valence electrons. The number of rotatable bonds is 6. The van der Waals surface area contributed by atoms with Crippen LogP contribution in [0.15, 0.2) is 24.3 Å². The van der Waals surface area contributed by atoms with Crippen LogP contribution in [0.3, 0.4) is 0 Å². The van der Waals surface area contributed by atoms with Crippen molar-refractivity contribution < 1.29 is 14.3 Å². The summed E-state index contributed by atoms with van der Waals surface area (Å²) in [6.45, 7) is 10.4. The molecule has 1 aromatic rings. The zero-order valence-electron chi connectivity index (χ0n) is 15.6. The van der Waals surface area contributed by atoms with Crippen LogP contribution >= 0.6 is 0 Å². The minimum atomic E-state index is 0.0184. The smallest absolute Gasteiger partial charge is 0.225 e. The van der Waals surface area contributed by atoms with Gasteiger partial charge in [-0.25, -0.2) is 0 Å². The van der Waals surface area contributed by atoms with E-state index in [2.05, 4.69) is 37.8 Å². The molecule has 1 amide bonds. The van der Waals surface area contributed by atoms with Crippen LogP contribution in [0.1, 0.15) is 32.8 Å². The predicted molar refractivity (Wildman–Crippen MR) is 97.9 cm³/mol. The molecule has 1 atom stereocenters. The van der Waals surface area contributed by atoms with Crippen molar-refractivity contribution in [3.63, 3.8) is 0 Å². The lowest BCUT2D eigenvalue weighted by Crippen LogP contribution is -2.57. The fourth-order valence-electron chi connectivity index (χ4n) is 3.41. The van der Waals surface area contributed by atoms with E-state index >= 15 is 0 Å². The van der Waals surface area contributed by atoms with E-state index in [9.17, 15) is 4.79 Å². The summed E-state index contributed by atoms with van der Waals surface area (Å²) in [5.74, 6) is 1.08. The van der Waals surface area contributed by atoms with Crippen molar-refractivity contribution in [2.24, 2.45) is 0 Å². The van der Waals surface area contributed by atoms with Crippen LogP contribution < -0.4 is 4.74 Å². The highest BCUT2D eigenvalue weighted by molar-refractivity contribution is 5.77. The van der Waals surface area contributed by atoms with E-state index in [4.69, 9.17) is 9.47 Å². The van der Waals surface area contributed by atoms with E-state index in [0.717, 1.165) is 31.9 Å². The minimum absolute atomic E-state index is 0.0184. The lowest BCUT2D eigenvalue weighted by atomic mass is 10.1. The van der Waals surface area contributed by atoms with Gasteiger partial charge in [0.1, 0.15) is 11.9 Å². The molecule has 0 unspecified atom stereocenters. The minimum Gasteiger partial charge on any atom is -0.487 e. The Morgan fingerprint density at radius 3 is 2.84 bits per heavy atom. The summed E-state index contributed by atoms with van der Waals surface area (Å²) in [6.07, 6.45) is 1.60. The van der Waals surface area contributed by atoms with Crippen molar-refractivity contribution in [2.75, 3.05) is 32.8 Å². The molecule has 2 aliphatic heterocycles. The van der Waals surface area contributed by atoms with Gasteiger partial charge in [0.05, 0.1) is 32.2 Å². The van der Waals surface area contributed by atoms with Crippen molar-refractivity contribution in [1.29, 1.82) is 0 Å². The van der Waals surface area contributed by atoms with Gasteiger partial charge in [0.15, 0.2) is 0 Å². The van der Waals surface area contributed by atoms with Crippen LogP contribution in [0.5, 0.6) is 5.75 Å². The number of carbonyl (C=O) groups is 1. The highest BCUT2D eigenvalue weighted by atomic mass is 16.5. The monoisotopic (exact) mass is 346 g/mol. The van der Waals surface area contributed by atoms with Crippen LogP contribution in [-0.4, -0.2) is 66.7 Å². The second kappa shape index (κ2) is 8.19. The maximum Gasteiger partial charge on any atom is 0.225 e. The van der Waals surface area contributed by atoms with Gasteiger partial charge in [-0.3, -0.25) is 9.69 Å². The van der Waals surface area contributed by atoms with E-state index in [1.165, 1.54) is 5.56 Å². The average Bonchev–Trinajstić information content (AvgIpc) is 2.58. The molecular formula is C20H30N2O3. The number of nitrogens with zero attached hydrogens (tertiary/aromatic N) is 2. The highest BCUT2D eigenvalue weighted by Crippen LogP contribution is 2.21. The standard InChI is InChI=1S/C20H30N2O3/c1-4-16-6-5-7-17(10-16)25-19-13-22(14-19)20(23)11-18-12-21(15(2)3)8-9-24-18/h5-7,10,15,18-19H,4,8-9,11-14H2,1-3H3/t18-/m1/s1. The number of hydrogen-bond acceptors (Lipinski definition) is 4. The summed E-state index contributed by atoms with van der Waals surface area (Å²) < 4.78 is 11.8. The molecule has 3 rings (SSSR count). The Balaban J connectivity index is 1.42. The Morgan fingerprint density at radius 2 is 2.12 bits per heavy atom. The van der Waals surface area contributed by atoms with Crippen LogP contribution in [-0.2, 0) is 16.0 Å².